The standard InChI is InChI=1S/C5H10O4/c1-5(8,3-9-2)4(6)7/h8H,3H2,1-2H3,(H,6,7)/t5-/m0/s1. The highest BCUT2D eigenvalue weighted by molar-refractivity contribution is 5.76. The van der Waals surface area contributed by atoms with Crippen LogP contribution in [-0.4, -0.2) is 35.5 Å². The van der Waals surface area contributed by atoms with Gasteiger partial charge in [0.2, 0.25) is 0 Å². The maximum absolute atomic E-state index is 10.1. The largest absolute Gasteiger partial charge is 0.479 e. The second kappa shape index (κ2) is 2.80. The molecule has 0 fully saturated rings. The lowest BCUT2D eigenvalue weighted by Gasteiger charge is -2.15. The van der Waals surface area contributed by atoms with E-state index in [1.807, 2.05) is 0 Å². The minimum Gasteiger partial charge on any atom is -0.479 e. The molecule has 0 rings (SSSR count). The monoisotopic (exact) mass is 134 g/mol. The van der Waals surface area contributed by atoms with Crippen LogP contribution >= 0.6 is 0 Å². The summed E-state index contributed by atoms with van der Waals surface area (Å²) in [4.78, 5) is 10.1. The highest BCUT2D eigenvalue weighted by Crippen LogP contribution is 2.01. The number of carboxylic acid groups (broad SMARTS) is 1. The Labute approximate surface area is 53.1 Å². The summed E-state index contributed by atoms with van der Waals surface area (Å²) in [6, 6.07) is 0. The third-order valence-electron chi connectivity index (χ3n) is 0.886. The van der Waals surface area contributed by atoms with Crippen molar-refractivity contribution in [1.29, 1.82) is 0 Å². The van der Waals surface area contributed by atoms with Gasteiger partial charge in [-0.05, 0) is 6.92 Å². The first-order valence-electron chi connectivity index (χ1n) is 2.45. The SMILES string of the molecule is COC[C@](C)(O)C(=O)O. The van der Waals surface area contributed by atoms with Gasteiger partial charge in [-0.3, -0.25) is 0 Å². The molecule has 4 heteroatoms. The molecule has 0 aliphatic rings. The zero-order chi connectivity index (χ0) is 7.49. The van der Waals surface area contributed by atoms with E-state index in [1.165, 1.54) is 14.0 Å². The molecule has 0 aliphatic carbocycles. The lowest BCUT2D eigenvalue weighted by atomic mass is 10.1. The van der Waals surface area contributed by atoms with Crippen LogP contribution in [0.5, 0.6) is 0 Å². The minimum atomic E-state index is -1.76. The number of aliphatic hydroxyl groups is 1. The van der Waals surface area contributed by atoms with E-state index >= 15 is 0 Å². The molecule has 0 aliphatic heterocycles. The molecular formula is C5H10O4. The molecule has 0 saturated carbocycles. The molecule has 0 radical (unpaired) electrons. The van der Waals surface area contributed by atoms with Crippen LogP contribution in [0.3, 0.4) is 0 Å². The molecule has 0 amide bonds. The second-order valence-corrected chi connectivity index (χ2v) is 2.01. The number of carbonyl (C=O) groups is 1. The van der Waals surface area contributed by atoms with Gasteiger partial charge in [-0.1, -0.05) is 0 Å². The van der Waals surface area contributed by atoms with Crippen LogP contribution in [0.4, 0.5) is 0 Å². The maximum atomic E-state index is 10.1. The van der Waals surface area contributed by atoms with Crippen molar-refractivity contribution in [3.05, 3.63) is 0 Å². The van der Waals surface area contributed by atoms with Crippen molar-refractivity contribution in [2.75, 3.05) is 13.7 Å². The summed E-state index contributed by atoms with van der Waals surface area (Å²) < 4.78 is 4.44. The number of aliphatic carboxylic acids is 1. The number of ether oxygens (including phenoxy) is 1. The number of rotatable bonds is 3. The first-order chi connectivity index (χ1) is 4.00. The van der Waals surface area contributed by atoms with Crippen LogP contribution in [0, 0.1) is 0 Å². The fourth-order valence-electron chi connectivity index (χ4n) is 0.343. The van der Waals surface area contributed by atoms with E-state index in [9.17, 15) is 4.79 Å². The number of hydrogen-bond acceptors (Lipinski definition) is 3. The van der Waals surface area contributed by atoms with Crippen LogP contribution in [0.1, 0.15) is 6.92 Å². The zero-order valence-electron chi connectivity index (χ0n) is 5.42. The van der Waals surface area contributed by atoms with Crippen LogP contribution in [0.2, 0.25) is 0 Å². The summed E-state index contributed by atoms with van der Waals surface area (Å²) in [6.07, 6.45) is 0. The molecule has 4 nitrogen and oxygen atoms in total. The molecule has 9 heavy (non-hydrogen) atoms. The van der Waals surface area contributed by atoms with Gasteiger partial charge in [0.25, 0.3) is 0 Å². The van der Waals surface area contributed by atoms with Crippen molar-refractivity contribution in [1.82, 2.24) is 0 Å². The lowest BCUT2D eigenvalue weighted by molar-refractivity contribution is -0.161. The molecule has 2 N–H and O–H groups in total. The molecule has 0 aromatic rings. The van der Waals surface area contributed by atoms with Gasteiger partial charge in [0.15, 0.2) is 5.60 Å². The summed E-state index contributed by atoms with van der Waals surface area (Å²) >= 11 is 0. The van der Waals surface area contributed by atoms with Crippen LogP contribution < -0.4 is 0 Å². The molecule has 0 spiro atoms. The van der Waals surface area contributed by atoms with Crippen LogP contribution in [0.15, 0.2) is 0 Å². The van der Waals surface area contributed by atoms with Crippen molar-refractivity contribution >= 4 is 5.97 Å². The Bertz CT molecular complexity index is 108. The van der Waals surface area contributed by atoms with Gasteiger partial charge in [0.05, 0.1) is 6.61 Å². The van der Waals surface area contributed by atoms with Gasteiger partial charge >= 0.3 is 5.97 Å². The van der Waals surface area contributed by atoms with E-state index in [1.54, 1.807) is 0 Å². The number of methoxy groups -OCH3 is 1. The van der Waals surface area contributed by atoms with E-state index in [4.69, 9.17) is 10.2 Å². The van der Waals surface area contributed by atoms with Gasteiger partial charge < -0.3 is 14.9 Å². The van der Waals surface area contributed by atoms with Crippen molar-refractivity contribution in [3.63, 3.8) is 0 Å². The molecule has 0 bridgehead atoms. The quantitative estimate of drug-likeness (QED) is 0.544. The summed E-state index contributed by atoms with van der Waals surface area (Å²) in [7, 11) is 1.33. The Morgan fingerprint density at radius 3 is 2.33 bits per heavy atom. The fraction of sp³-hybridized carbons (Fsp3) is 0.800. The fourth-order valence-corrected chi connectivity index (χ4v) is 0.343. The predicted molar refractivity (Wildman–Crippen MR) is 30.1 cm³/mol. The average Bonchev–Trinajstić information content (AvgIpc) is 1.65. The first-order valence-corrected chi connectivity index (χ1v) is 2.45. The summed E-state index contributed by atoms with van der Waals surface area (Å²) in [5.74, 6) is -1.27. The second-order valence-electron chi connectivity index (χ2n) is 2.01. The van der Waals surface area contributed by atoms with E-state index in [-0.39, 0.29) is 6.61 Å². The molecule has 0 heterocycles. The Kier molecular flexibility index (Phi) is 2.61. The molecular weight excluding hydrogens is 124 g/mol. The van der Waals surface area contributed by atoms with E-state index in [0.717, 1.165) is 0 Å². The van der Waals surface area contributed by atoms with Gasteiger partial charge in [0, 0.05) is 7.11 Å². The molecule has 0 saturated heterocycles. The molecule has 0 aromatic heterocycles. The first kappa shape index (κ1) is 8.39. The normalized spacial score (nSPS) is 16.8. The molecule has 0 unspecified atom stereocenters. The topological polar surface area (TPSA) is 66.8 Å². The van der Waals surface area contributed by atoms with Gasteiger partial charge in [0.1, 0.15) is 0 Å². The summed E-state index contributed by atoms with van der Waals surface area (Å²) in [5.41, 5.74) is -1.76. The van der Waals surface area contributed by atoms with E-state index < -0.39 is 11.6 Å². The van der Waals surface area contributed by atoms with Crippen molar-refractivity contribution in [2.24, 2.45) is 0 Å². The highest BCUT2D eigenvalue weighted by Gasteiger charge is 2.29. The Morgan fingerprint density at radius 2 is 2.22 bits per heavy atom. The lowest BCUT2D eigenvalue weighted by Crippen LogP contribution is -2.39. The van der Waals surface area contributed by atoms with Gasteiger partial charge in [-0.25, -0.2) is 4.79 Å². The Balaban J connectivity index is 3.85. The molecule has 1 atom stereocenters. The maximum Gasteiger partial charge on any atom is 0.337 e. The van der Waals surface area contributed by atoms with Crippen LogP contribution in [0.25, 0.3) is 0 Å². The van der Waals surface area contributed by atoms with E-state index in [0.29, 0.717) is 0 Å². The van der Waals surface area contributed by atoms with Gasteiger partial charge in [-0.15, -0.1) is 0 Å². The third-order valence-corrected chi connectivity index (χ3v) is 0.886. The highest BCUT2D eigenvalue weighted by atomic mass is 16.5. The Morgan fingerprint density at radius 1 is 1.78 bits per heavy atom. The smallest absolute Gasteiger partial charge is 0.337 e. The van der Waals surface area contributed by atoms with Crippen molar-refractivity contribution in [2.45, 2.75) is 12.5 Å². The van der Waals surface area contributed by atoms with Crippen molar-refractivity contribution in [3.8, 4) is 0 Å². The number of carboxylic acids is 1. The third kappa shape index (κ3) is 2.43. The summed E-state index contributed by atoms with van der Waals surface area (Å²) in [6.45, 7) is 0.987. The summed E-state index contributed by atoms with van der Waals surface area (Å²) in [5, 5.41) is 17.1. The number of hydrogen-bond donors (Lipinski definition) is 2. The Hall–Kier alpha value is -0.610. The molecule has 0 aromatic carbocycles. The van der Waals surface area contributed by atoms with Crippen LogP contribution in [-0.2, 0) is 9.53 Å². The van der Waals surface area contributed by atoms with Gasteiger partial charge in [-0.2, -0.15) is 0 Å². The zero-order valence-corrected chi connectivity index (χ0v) is 5.42. The van der Waals surface area contributed by atoms with E-state index in [2.05, 4.69) is 4.74 Å². The average molecular weight is 134 g/mol. The predicted octanol–water partition coefficient (Wildman–Crippen LogP) is -0.532. The molecule has 54 valence electrons. The van der Waals surface area contributed by atoms with Crippen molar-refractivity contribution < 1.29 is 19.7 Å². The minimum absolute atomic E-state index is 0.192.